The quantitative estimate of drug-likeness (QED) is 0.803. The van der Waals surface area contributed by atoms with Crippen molar-refractivity contribution in [1.82, 2.24) is 0 Å². The summed E-state index contributed by atoms with van der Waals surface area (Å²) in [5.41, 5.74) is 6.39. The molecule has 0 radical (unpaired) electrons. The van der Waals surface area contributed by atoms with Gasteiger partial charge in [-0.15, -0.1) is 12.4 Å². The van der Waals surface area contributed by atoms with Gasteiger partial charge in [-0.2, -0.15) is 0 Å². The van der Waals surface area contributed by atoms with Crippen LogP contribution >= 0.6 is 12.4 Å². The Morgan fingerprint density at radius 1 is 1.38 bits per heavy atom. The van der Waals surface area contributed by atoms with E-state index in [4.69, 9.17) is 5.73 Å². The summed E-state index contributed by atoms with van der Waals surface area (Å²) in [5, 5.41) is 0. The van der Waals surface area contributed by atoms with Crippen LogP contribution in [-0.4, -0.2) is 0 Å². The van der Waals surface area contributed by atoms with Gasteiger partial charge in [-0.1, -0.05) is 31.5 Å². The van der Waals surface area contributed by atoms with E-state index in [1.165, 1.54) is 6.07 Å². The van der Waals surface area contributed by atoms with Crippen molar-refractivity contribution in [1.29, 1.82) is 0 Å². The zero-order valence-corrected chi connectivity index (χ0v) is 8.48. The van der Waals surface area contributed by atoms with Crippen molar-refractivity contribution in [2.24, 2.45) is 5.73 Å². The molecule has 3 heteroatoms. The van der Waals surface area contributed by atoms with Crippen LogP contribution < -0.4 is 5.73 Å². The molecule has 2 N–H and O–H groups in total. The lowest BCUT2D eigenvalue weighted by Crippen LogP contribution is -2.11. The van der Waals surface area contributed by atoms with Gasteiger partial charge in [0, 0.05) is 11.6 Å². The summed E-state index contributed by atoms with van der Waals surface area (Å²) in [4.78, 5) is 0. The zero-order valence-electron chi connectivity index (χ0n) is 7.66. The molecule has 1 aromatic carbocycles. The fourth-order valence-electron chi connectivity index (χ4n) is 1.24. The highest BCUT2D eigenvalue weighted by molar-refractivity contribution is 5.85. The molecule has 1 atom stereocenters. The van der Waals surface area contributed by atoms with Crippen molar-refractivity contribution in [2.75, 3.05) is 0 Å². The van der Waals surface area contributed by atoms with Crippen LogP contribution in [0.25, 0.3) is 0 Å². The Bertz CT molecular complexity index is 252. The Hall–Kier alpha value is -0.600. The van der Waals surface area contributed by atoms with Gasteiger partial charge in [0.15, 0.2) is 0 Å². The second-order valence-corrected chi connectivity index (χ2v) is 2.92. The van der Waals surface area contributed by atoms with Crippen LogP contribution in [0, 0.1) is 5.82 Å². The van der Waals surface area contributed by atoms with Gasteiger partial charge >= 0.3 is 0 Å². The average molecular weight is 204 g/mol. The first-order valence-corrected chi connectivity index (χ1v) is 4.25. The van der Waals surface area contributed by atoms with Gasteiger partial charge in [-0.05, 0) is 12.5 Å². The molecule has 0 aliphatic rings. The normalized spacial score (nSPS) is 11.9. The highest BCUT2D eigenvalue weighted by atomic mass is 35.5. The minimum absolute atomic E-state index is 0. The highest BCUT2D eigenvalue weighted by Crippen LogP contribution is 2.18. The van der Waals surface area contributed by atoms with Crippen LogP contribution in [0.5, 0.6) is 0 Å². The van der Waals surface area contributed by atoms with Crippen molar-refractivity contribution < 1.29 is 4.39 Å². The predicted octanol–water partition coefficient (Wildman–Crippen LogP) is 3.05. The van der Waals surface area contributed by atoms with E-state index in [1.807, 2.05) is 13.0 Å². The van der Waals surface area contributed by atoms with E-state index in [0.717, 1.165) is 12.8 Å². The van der Waals surface area contributed by atoms with Gasteiger partial charge in [-0.3, -0.25) is 0 Å². The lowest BCUT2D eigenvalue weighted by molar-refractivity contribution is 0.560. The summed E-state index contributed by atoms with van der Waals surface area (Å²) >= 11 is 0. The molecule has 0 amide bonds. The van der Waals surface area contributed by atoms with Crippen molar-refractivity contribution in [2.45, 2.75) is 25.8 Å². The molecule has 0 saturated carbocycles. The summed E-state index contributed by atoms with van der Waals surface area (Å²) in [5.74, 6) is -0.196. The van der Waals surface area contributed by atoms with Crippen LogP contribution in [0.1, 0.15) is 31.4 Å². The average Bonchev–Trinajstić information content (AvgIpc) is 2.05. The predicted molar refractivity (Wildman–Crippen MR) is 55.5 cm³/mol. The molecule has 0 unspecified atom stereocenters. The van der Waals surface area contributed by atoms with E-state index in [0.29, 0.717) is 5.56 Å². The molecule has 0 bridgehead atoms. The van der Waals surface area contributed by atoms with E-state index < -0.39 is 0 Å². The van der Waals surface area contributed by atoms with Gasteiger partial charge < -0.3 is 5.73 Å². The summed E-state index contributed by atoms with van der Waals surface area (Å²) < 4.78 is 13.1. The second-order valence-electron chi connectivity index (χ2n) is 2.92. The lowest BCUT2D eigenvalue weighted by atomic mass is 10.0. The maximum atomic E-state index is 13.1. The van der Waals surface area contributed by atoms with E-state index >= 15 is 0 Å². The summed E-state index contributed by atoms with van der Waals surface area (Å²) in [6.45, 7) is 2.04. The molecule has 0 spiro atoms. The smallest absolute Gasteiger partial charge is 0.127 e. The Kier molecular flexibility index (Phi) is 5.67. The van der Waals surface area contributed by atoms with Gasteiger partial charge in [0.05, 0.1) is 0 Å². The topological polar surface area (TPSA) is 26.0 Å². The number of halogens is 2. The van der Waals surface area contributed by atoms with Crippen molar-refractivity contribution in [3.05, 3.63) is 35.6 Å². The van der Waals surface area contributed by atoms with Gasteiger partial charge in [0.1, 0.15) is 5.82 Å². The summed E-state index contributed by atoms with van der Waals surface area (Å²) in [7, 11) is 0. The number of nitrogens with two attached hydrogens (primary N) is 1. The molecule has 0 aliphatic heterocycles. The molecule has 0 saturated heterocycles. The van der Waals surface area contributed by atoms with Crippen LogP contribution in [0.2, 0.25) is 0 Å². The maximum absolute atomic E-state index is 13.1. The maximum Gasteiger partial charge on any atom is 0.127 e. The van der Waals surface area contributed by atoms with Crippen molar-refractivity contribution >= 4 is 12.4 Å². The molecule has 1 rings (SSSR count). The molecular formula is C10H15ClFN. The van der Waals surface area contributed by atoms with E-state index in [9.17, 15) is 4.39 Å². The first-order valence-electron chi connectivity index (χ1n) is 4.25. The highest BCUT2D eigenvalue weighted by Gasteiger charge is 2.08. The number of hydrogen-bond donors (Lipinski definition) is 1. The third-order valence-electron chi connectivity index (χ3n) is 1.90. The molecule has 0 heterocycles. The molecule has 0 fully saturated rings. The first kappa shape index (κ1) is 12.4. The van der Waals surface area contributed by atoms with Crippen LogP contribution in [-0.2, 0) is 0 Å². The molecule has 1 aromatic rings. The standard InChI is InChI=1S/C10H14FN.ClH/c1-2-5-10(12)8-6-3-4-7-9(8)11;/h3-4,6-7,10H,2,5,12H2,1H3;1H/t10-;/m0./s1. The van der Waals surface area contributed by atoms with Gasteiger partial charge in [0.25, 0.3) is 0 Å². The van der Waals surface area contributed by atoms with Crippen LogP contribution in [0.4, 0.5) is 4.39 Å². The fourth-order valence-corrected chi connectivity index (χ4v) is 1.24. The molecule has 13 heavy (non-hydrogen) atoms. The summed E-state index contributed by atoms with van der Waals surface area (Å²) in [6, 6.07) is 6.53. The molecular weight excluding hydrogens is 189 g/mol. The van der Waals surface area contributed by atoms with Crippen molar-refractivity contribution in [3.63, 3.8) is 0 Å². The minimum atomic E-state index is -0.196. The van der Waals surface area contributed by atoms with E-state index in [-0.39, 0.29) is 24.3 Å². The lowest BCUT2D eigenvalue weighted by Gasteiger charge is -2.10. The molecule has 1 nitrogen and oxygen atoms in total. The zero-order chi connectivity index (χ0) is 8.97. The molecule has 0 aliphatic carbocycles. The van der Waals surface area contributed by atoms with Crippen molar-refractivity contribution in [3.8, 4) is 0 Å². The van der Waals surface area contributed by atoms with Crippen LogP contribution in [0.3, 0.4) is 0 Å². The Morgan fingerprint density at radius 2 is 2.00 bits per heavy atom. The minimum Gasteiger partial charge on any atom is -0.324 e. The number of hydrogen-bond acceptors (Lipinski definition) is 1. The monoisotopic (exact) mass is 203 g/mol. The van der Waals surface area contributed by atoms with E-state index in [1.54, 1.807) is 12.1 Å². The Balaban J connectivity index is 0.00000144. The largest absolute Gasteiger partial charge is 0.324 e. The Labute approximate surface area is 84.5 Å². The van der Waals surface area contributed by atoms with Gasteiger partial charge in [-0.25, -0.2) is 4.39 Å². The van der Waals surface area contributed by atoms with Crippen LogP contribution in [0.15, 0.2) is 24.3 Å². The third kappa shape index (κ3) is 3.33. The molecule has 0 aromatic heterocycles. The fraction of sp³-hybridized carbons (Fsp3) is 0.400. The third-order valence-corrected chi connectivity index (χ3v) is 1.90. The first-order chi connectivity index (χ1) is 5.75. The van der Waals surface area contributed by atoms with E-state index in [2.05, 4.69) is 0 Å². The summed E-state index contributed by atoms with van der Waals surface area (Å²) in [6.07, 6.45) is 1.82. The SMILES string of the molecule is CCC[C@H](N)c1ccccc1F.Cl. The van der Waals surface area contributed by atoms with Gasteiger partial charge in [0.2, 0.25) is 0 Å². The molecule has 74 valence electrons. The number of benzene rings is 1. The number of rotatable bonds is 3. The second kappa shape index (κ2) is 5.95. The Morgan fingerprint density at radius 3 is 2.54 bits per heavy atom.